The lowest BCUT2D eigenvalue weighted by Crippen LogP contribution is -2.45. The van der Waals surface area contributed by atoms with Crippen LogP contribution in [-0.2, 0) is 6.61 Å². The van der Waals surface area contributed by atoms with E-state index in [-0.39, 0.29) is 5.91 Å². The van der Waals surface area contributed by atoms with Crippen molar-refractivity contribution in [3.05, 3.63) is 53.9 Å². The fourth-order valence-corrected chi connectivity index (χ4v) is 2.09. The van der Waals surface area contributed by atoms with Crippen molar-refractivity contribution in [3.63, 3.8) is 0 Å². The van der Waals surface area contributed by atoms with Gasteiger partial charge in [0.15, 0.2) is 11.5 Å². The summed E-state index contributed by atoms with van der Waals surface area (Å²) in [4.78, 5) is 16.3. The molecule has 2 rings (SSSR count). The molecule has 6 heteroatoms. The molecule has 0 saturated heterocycles. The van der Waals surface area contributed by atoms with E-state index in [0.717, 1.165) is 5.56 Å². The van der Waals surface area contributed by atoms with E-state index in [2.05, 4.69) is 10.3 Å². The molecule has 1 heterocycles. The second kappa shape index (κ2) is 8.48. The van der Waals surface area contributed by atoms with E-state index in [1.807, 2.05) is 32.9 Å². The van der Waals surface area contributed by atoms with Crippen LogP contribution >= 0.6 is 0 Å². The Labute approximate surface area is 148 Å². The van der Waals surface area contributed by atoms with Crippen LogP contribution in [-0.4, -0.2) is 29.6 Å². The van der Waals surface area contributed by atoms with Crippen LogP contribution in [0.15, 0.2) is 42.7 Å². The Hall–Kier alpha value is -2.60. The van der Waals surface area contributed by atoms with Crippen molar-refractivity contribution >= 4 is 5.91 Å². The number of carbonyl (C=O) groups is 1. The summed E-state index contributed by atoms with van der Waals surface area (Å²) in [5.74, 6) is 0.922. The quantitative estimate of drug-likeness (QED) is 0.769. The van der Waals surface area contributed by atoms with Crippen LogP contribution in [0.2, 0.25) is 0 Å². The van der Waals surface area contributed by atoms with Crippen LogP contribution in [0.4, 0.5) is 0 Å². The maximum absolute atomic E-state index is 12.3. The van der Waals surface area contributed by atoms with Gasteiger partial charge in [0, 0.05) is 35.6 Å². The Balaban J connectivity index is 2.09. The maximum Gasteiger partial charge on any atom is 0.251 e. The third-order valence-electron chi connectivity index (χ3n) is 3.33. The highest BCUT2D eigenvalue weighted by molar-refractivity contribution is 5.94. The number of hydrogen-bond acceptors (Lipinski definition) is 5. The van der Waals surface area contributed by atoms with E-state index in [4.69, 9.17) is 15.2 Å². The van der Waals surface area contributed by atoms with Gasteiger partial charge in [-0.05, 0) is 45.0 Å². The third kappa shape index (κ3) is 6.08. The molecule has 3 N–H and O–H groups in total. The second-order valence-corrected chi connectivity index (χ2v) is 6.42. The standard InChI is InChI=1S/C19H25N3O3/c1-4-24-17-10-15(18(23)22-13-19(2,3)20)7-8-16(17)25-12-14-6-5-9-21-11-14/h5-11H,4,12-13,20H2,1-3H3,(H,22,23). The molecule has 1 aromatic carbocycles. The number of aromatic nitrogens is 1. The zero-order chi connectivity index (χ0) is 18.3. The first-order valence-corrected chi connectivity index (χ1v) is 8.24. The first kappa shape index (κ1) is 18.7. The first-order chi connectivity index (χ1) is 11.9. The lowest BCUT2D eigenvalue weighted by Gasteiger charge is -2.19. The summed E-state index contributed by atoms with van der Waals surface area (Å²) < 4.78 is 11.4. The topological polar surface area (TPSA) is 86.5 Å². The van der Waals surface area contributed by atoms with Gasteiger partial charge in [0.2, 0.25) is 0 Å². The Kier molecular flexibility index (Phi) is 6.36. The van der Waals surface area contributed by atoms with Crippen molar-refractivity contribution in [2.24, 2.45) is 5.73 Å². The zero-order valence-electron chi connectivity index (χ0n) is 14.9. The molecule has 25 heavy (non-hydrogen) atoms. The number of pyridine rings is 1. The minimum absolute atomic E-state index is 0.196. The lowest BCUT2D eigenvalue weighted by molar-refractivity contribution is 0.0945. The second-order valence-electron chi connectivity index (χ2n) is 6.42. The van der Waals surface area contributed by atoms with Crippen LogP contribution in [0.1, 0.15) is 36.7 Å². The molecule has 0 bridgehead atoms. The Bertz CT molecular complexity index is 697. The van der Waals surface area contributed by atoms with E-state index in [9.17, 15) is 4.79 Å². The lowest BCUT2D eigenvalue weighted by atomic mass is 10.1. The van der Waals surface area contributed by atoms with Crippen molar-refractivity contribution in [1.29, 1.82) is 0 Å². The van der Waals surface area contributed by atoms with Crippen molar-refractivity contribution in [3.8, 4) is 11.5 Å². The summed E-state index contributed by atoms with van der Waals surface area (Å²) in [6.07, 6.45) is 3.46. The number of carbonyl (C=O) groups excluding carboxylic acids is 1. The fraction of sp³-hybridized carbons (Fsp3) is 0.368. The van der Waals surface area contributed by atoms with Gasteiger partial charge in [-0.3, -0.25) is 9.78 Å². The van der Waals surface area contributed by atoms with Gasteiger partial charge in [-0.25, -0.2) is 0 Å². The monoisotopic (exact) mass is 343 g/mol. The molecule has 0 atom stereocenters. The van der Waals surface area contributed by atoms with Gasteiger partial charge >= 0.3 is 0 Å². The number of hydrogen-bond donors (Lipinski definition) is 2. The van der Waals surface area contributed by atoms with Gasteiger partial charge in [-0.15, -0.1) is 0 Å². The molecule has 134 valence electrons. The summed E-state index contributed by atoms with van der Waals surface area (Å²) in [6, 6.07) is 8.92. The summed E-state index contributed by atoms with van der Waals surface area (Å²) in [5, 5.41) is 2.82. The number of rotatable bonds is 8. The maximum atomic E-state index is 12.3. The first-order valence-electron chi connectivity index (χ1n) is 8.24. The number of nitrogens with one attached hydrogen (secondary N) is 1. The predicted octanol–water partition coefficient (Wildman–Crippen LogP) is 2.53. The Morgan fingerprint density at radius 2 is 2.04 bits per heavy atom. The number of ether oxygens (including phenoxy) is 2. The molecule has 1 aromatic heterocycles. The van der Waals surface area contributed by atoms with Gasteiger partial charge in [0.05, 0.1) is 6.61 Å². The van der Waals surface area contributed by atoms with Crippen molar-refractivity contribution in [1.82, 2.24) is 10.3 Å². The van der Waals surface area contributed by atoms with Gasteiger partial charge in [-0.2, -0.15) is 0 Å². The third-order valence-corrected chi connectivity index (χ3v) is 3.33. The molecule has 0 saturated carbocycles. The number of amides is 1. The molecule has 0 aliphatic rings. The van der Waals surface area contributed by atoms with Crippen LogP contribution < -0.4 is 20.5 Å². The average Bonchev–Trinajstić information content (AvgIpc) is 2.59. The Morgan fingerprint density at radius 1 is 1.24 bits per heavy atom. The summed E-state index contributed by atoms with van der Waals surface area (Å²) in [5.41, 5.74) is 6.88. The van der Waals surface area contributed by atoms with E-state index >= 15 is 0 Å². The van der Waals surface area contributed by atoms with E-state index in [0.29, 0.717) is 36.8 Å². The molecule has 0 spiro atoms. The fourth-order valence-electron chi connectivity index (χ4n) is 2.09. The highest BCUT2D eigenvalue weighted by Crippen LogP contribution is 2.29. The average molecular weight is 343 g/mol. The number of nitrogens with zero attached hydrogens (tertiary/aromatic N) is 1. The van der Waals surface area contributed by atoms with Crippen LogP contribution in [0.25, 0.3) is 0 Å². The largest absolute Gasteiger partial charge is 0.490 e. The molecule has 0 radical (unpaired) electrons. The summed E-state index contributed by atoms with van der Waals surface area (Å²) in [6.45, 7) is 6.83. The van der Waals surface area contributed by atoms with Crippen molar-refractivity contribution in [2.45, 2.75) is 32.9 Å². The van der Waals surface area contributed by atoms with Crippen molar-refractivity contribution in [2.75, 3.05) is 13.2 Å². The van der Waals surface area contributed by atoms with Crippen LogP contribution in [0, 0.1) is 0 Å². The van der Waals surface area contributed by atoms with Gasteiger partial charge in [-0.1, -0.05) is 6.07 Å². The summed E-state index contributed by atoms with van der Waals surface area (Å²) in [7, 11) is 0. The SMILES string of the molecule is CCOc1cc(C(=O)NCC(C)(C)N)ccc1OCc1cccnc1. The number of nitrogens with two attached hydrogens (primary N) is 1. The van der Waals surface area contributed by atoms with Gasteiger partial charge in [0.25, 0.3) is 5.91 Å². The van der Waals surface area contributed by atoms with E-state index in [1.165, 1.54) is 0 Å². The summed E-state index contributed by atoms with van der Waals surface area (Å²) >= 11 is 0. The molecule has 6 nitrogen and oxygen atoms in total. The highest BCUT2D eigenvalue weighted by Gasteiger charge is 2.15. The minimum atomic E-state index is -0.467. The predicted molar refractivity (Wildman–Crippen MR) is 96.8 cm³/mol. The Morgan fingerprint density at radius 3 is 2.68 bits per heavy atom. The van der Waals surface area contributed by atoms with E-state index in [1.54, 1.807) is 30.6 Å². The van der Waals surface area contributed by atoms with Crippen molar-refractivity contribution < 1.29 is 14.3 Å². The van der Waals surface area contributed by atoms with E-state index < -0.39 is 5.54 Å². The van der Waals surface area contributed by atoms with Gasteiger partial charge < -0.3 is 20.5 Å². The molecule has 1 amide bonds. The van der Waals surface area contributed by atoms with Crippen LogP contribution in [0.3, 0.4) is 0 Å². The molecular formula is C19H25N3O3. The normalized spacial score (nSPS) is 11.0. The minimum Gasteiger partial charge on any atom is -0.490 e. The molecule has 0 fully saturated rings. The molecular weight excluding hydrogens is 318 g/mol. The van der Waals surface area contributed by atoms with Gasteiger partial charge in [0.1, 0.15) is 6.61 Å². The molecule has 0 aliphatic carbocycles. The smallest absolute Gasteiger partial charge is 0.251 e. The highest BCUT2D eigenvalue weighted by atomic mass is 16.5. The number of benzene rings is 1. The molecule has 0 unspecified atom stereocenters. The molecule has 0 aliphatic heterocycles. The zero-order valence-corrected chi connectivity index (χ0v) is 14.9. The molecule has 2 aromatic rings. The van der Waals surface area contributed by atoms with Crippen LogP contribution in [0.5, 0.6) is 11.5 Å².